The Morgan fingerprint density at radius 2 is 2.10 bits per heavy atom. The fraction of sp³-hybridized carbons (Fsp3) is 0.286. The second kappa shape index (κ2) is 6.10. The molecular formula is C14H17N3O3. The molecule has 106 valence electrons. The van der Waals surface area contributed by atoms with Gasteiger partial charge in [-0.25, -0.2) is 0 Å². The van der Waals surface area contributed by atoms with Gasteiger partial charge >= 0.3 is 0 Å². The average molecular weight is 275 g/mol. The Balaban J connectivity index is 2.08. The summed E-state index contributed by atoms with van der Waals surface area (Å²) in [6, 6.07) is 6.92. The Hall–Kier alpha value is -2.50. The SMILES string of the molecule is COc1ccc(C(=O)NCc2ccn(C)n2)c(OC)c1. The summed E-state index contributed by atoms with van der Waals surface area (Å²) in [6.07, 6.45) is 1.83. The van der Waals surface area contributed by atoms with Crippen molar-refractivity contribution in [2.45, 2.75) is 6.54 Å². The van der Waals surface area contributed by atoms with Crippen LogP contribution in [0.3, 0.4) is 0 Å². The number of aromatic nitrogens is 2. The highest BCUT2D eigenvalue weighted by atomic mass is 16.5. The maximum Gasteiger partial charge on any atom is 0.255 e. The lowest BCUT2D eigenvalue weighted by Crippen LogP contribution is -2.23. The molecule has 0 aliphatic carbocycles. The molecule has 0 radical (unpaired) electrons. The highest BCUT2D eigenvalue weighted by Gasteiger charge is 2.13. The zero-order chi connectivity index (χ0) is 14.5. The molecule has 0 atom stereocenters. The van der Waals surface area contributed by atoms with Crippen LogP contribution in [0.15, 0.2) is 30.5 Å². The Bertz CT molecular complexity index is 607. The molecule has 1 N–H and O–H groups in total. The number of methoxy groups -OCH3 is 2. The molecule has 0 unspecified atom stereocenters. The van der Waals surface area contributed by atoms with E-state index in [-0.39, 0.29) is 5.91 Å². The van der Waals surface area contributed by atoms with Gasteiger partial charge in [-0.3, -0.25) is 9.48 Å². The third kappa shape index (κ3) is 3.09. The van der Waals surface area contributed by atoms with Crippen molar-refractivity contribution in [3.8, 4) is 11.5 Å². The highest BCUT2D eigenvalue weighted by molar-refractivity contribution is 5.97. The minimum absolute atomic E-state index is 0.213. The van der Waals surface area contributed by atoms with E-state index in [0.717, 1.165) is 5.69 Å². The van der Waals surface area contributed by atoms with Crippen molar-refractivity contribution in [1.82, 2.24) is 15.1 Å². The van der Waals surface area contributed by atoms with E-state index < -0.39 is 0 Å². The van der Waals surface area contributed by atoms with Gasteiger partial charge in [-0.1, -0.05) is 0 Å². The Morgan fingerprint density at radius 3 is 2.70 bits per heavy atom. The molecule has 2 rings (SSSR count). The maximum atomic E-state index is 12.1. The quantitative estimate of drug-likeness (QED) is 0.895. The van der Waals surface area contributed by atoms with Crippen LogP contribution in [0.4, 0.5) is 0 Å². The van der Waals surface area contributed by atoms with Gasteiger partial charge < -0.3 is 14.8 Å². The maximum absolute atomic E-state index is 12.1. The molecule has 6 heteroatoms. The van der Waals surface area contributed by atoms with Gasteiger partial charge in [0.05, 0.1) is 32.0 Å². The van der Waals surface area contributed by atoms with Crippen LogP contribution < -0.4 is 14.8 Å². The van der Waals surface area contributed by atoms with Crippen molar-refractivity contribution in [2.24, 2.45) is 7.05 Å². The molecule has 0 aliphatic heterocycles. The molecule has 1 amide bonds. The van der Waals surface area contributed by atoms with E-state index in [4.69, 9.17) is 9.47 Å². The second-order valence-electron chi connectivity index (χ2n) is 4.23. The number of nitrogens with zero attached hydrogens (tertiary/aromatic N) is 2. The normalized spacial score (nSPS) is 10.2. The van der Waals surface area contributed by atoms with Crippen LogP contribution in [-0.4, -0.2) is 29.9 Å². The topological polar surface area (TPSA) is 65.4 Å². The molecule has 1 aromatic heterocycles. The summed E-state index contributed by atoms with van der Waals surface area (Å²) in [5.74, 6) is 0.904. The Kier molecular flexibility index (Phi) is 4.24. The van der Waals surface area contributed by atoms with Gasteiger partial charge in [0, 0.05) is 19.3 Å². The molecule has 1 heterocycles. The number of hydrogen-bond donors (Lipinski definition) is 1. The molecule has 2 aromatic rings. The van der Waals surface area contributed by atoms with Crippen molar-refractivity contribution < 1.29 is 14.3 Å². The van der Waals surface area contributed by atoms with Crippen LogP contribution in [0.1, 0.15) is 16.1 Å². The first kappa shape index (κ1) is 13.9. The van der Waals surface area contributed by atoms with Crippen LogP contribution in [0.25, 0.3) is 0 Å². The lowest BCUT2D eigenvalue weighted by molar-refractivity contribution is 0.0947. The minimum atomic E-state index is -0.213. The minimum Gasteiger partial charge on any atom is -0.497 e. The fourth-order valence-electron chi connectivity index (χ4n) is 1.81. The molecule has 0 aliphatic rings. The van der Waals surface area contributed by atoms with Crippen LogP contribution in [0.2, 0.25) is 0 Å². The predicted octanol–water partition coefficient (Wildman–Crippen LogP) is 1.37. The van der Waals surface area contributed by atoms with Gasteiger partial charge in [-0.15, -0.1) is 0 Å². The van der Waals surface area contributed by atoms with Gasteiger partial charge in [0.2, 0.25) is 0 Å². The van der Waals surface area contributed by atoms with Crippen LogP contribution in [0.5, 0.6) is 11.5 Å². The van der Waals surface area contributed by atoms with Gasteiger partial charge in [-0.2, -0.15) is 5.10 Å². The number of benzene rings is 1. The molecule has 0 bridgehead atoms. The molecular weight excluding hydrogens is 258 g/mol. The van der Waals surface area contributed by atoms with Crippen molar-refractivity contribution in [1.29, 1.82) is 0 Å². The molecule has 0 saturated heterocycles. The van der Waals surface area contributed by atoms with E-state index in [1.807, 2.05) is 19.3 Å². The summed E-state index contributed by atoms with van der Waals surface area (Å²) >= 11 is 0. The van der Waals surface area contributed by atoms with E-state index in [2.05, 4.69) is 10.4 Å². The molecule has 0 fully saturated rings. The number of ether oxygens (including phenoxy) is 2. The summed E-state index contributed by atoms with van der Waals surface area (Å²) in [5.41, 5.74) is 1.26. The zero-order valence-electron chi connectivity index (χ0n) is 11.7. The number of nitrogens with one attached hydrogen (secondary N) is 1. The Labute approximate surface area is 117 Å². The molecule has 20 heavy (non-hydrogen) atoms. The smallest absolute Gasteiger partial charge is 0.255 e. The second-order valence-corrected chi connectivity index (χ2v) is 4.23. The van der Waals surface area contributed by atoms with Gasteiger partial charge in [-0.05, 0) is 18.2 Å². The number of carbonyl (C=O) groups excluding carboxylic acids is 1. The summed E-state index contributed by atoms with van der Waals surface area (Å²) in [5, 5.41) is 7.00. The first-order chi connectivity index (χ1) is 9.63. The molecule has 1 aromatic carbocycles. The zero-order valence-corrected chi connectivity index (χ0v) is 11.7. The van der Waals surface area contributed by atoms with Crippen molar-refractivity contribution in [3.05, 3.63) is 41.7 Å². The summed E-state index contributed by atoms with van der Waals surface area (Å²) in [7, 11) is 4.91. The largest absolute Gasteiger partial charge is 0.497 e. The standard InChI is InChI=1S/C14H17N3O3/c1-17-7-6-10(16-17)9-15-14(18)12-5-4-11(19-2)8-13(12)20-3/h4-8H,9H2,1-3H3,(H,15,18). The van der Waals surface area contributed by atoms with Crippen LogP contribution in [0, 0.1) is 0 Å². The van der Waals surface area contributed by atoms with Gasteiger partial charge in [0.15, 0.2) is 0 Å². The first-order valence-electron chi connectivity index (χ1n) is 6.13. The molecule has 0 saturated carbocycles. The fourth-order valence-corrected chi connectivity index (χ4v) is 1.81. The number of aryl methyl sites for hydroxylation is 1. The number of carbonyl (C=O) groups is 1. The van der Waals surface area contributed by atoms with Crippen LogP contribution in [-0.2, 0) is 13.6 Å². The van der Waals surface area contributed by atoms with Crippen molar-refractivity contribution in [3.63, 3.8) is 0 Å². The van der Waals surface area contributed by atoms with Gasteiger partial charge in [0.1, 0.15) is 11.5 Å². The van der Waals surface area contributed by atoms with E-state index in [9.17, 15) is 4.79 Å². The number of hydrogen-bond acceptors (Lipinski definition) is 4. The van der Waals surface area contributed by atoms with Gasteiger partial charge in [0.25, 0.3) is 5.91 Å². The summed E-state index contributed by atoms with van der Waals surface area (Å²) in [6.45, 7) is 0.370. The van der Waals surface area contributed by atoms with E-state index in [1.54, 1.807) is 30.0 Å². The molecule has 0 spiro atoms. The number of rotatable bonds is 5. The third-order valence-corrected chi connectivity index (χ3v) is 2.85. The molecule has 6 nitrogen and oxygen atoms in total. The van der Waals surface area contributed by atoms with E-state index in [1.165, 1.54) is 7.11 Å². The van der Waals surface area contributed by atoms with Crippen molar-refractivity contribution >= 4 is 5.91 Å². The summed E-state index contributed by atoms with van der Waals surface area (Å²) < 4.78 is 12.0. The number of amides is 1. The monoisotopic (exact) mass is 275 g/mol. The first-order valence-corrected chi connectivity index (χ1v) is 6.13. The van der Waals surface area contributed by atoms with Crippen molar-refractivity contribution in [2.75, 3.05) is 14.2 Å². The summed E-state index contributed by atoms with van der Waals surface area (Å²) in [4.78, 5) is 12.1. The van der Waals surface area contributed by atoms with E-state index in [0.29, 0.717) is 23.6 Å². The Morgan fingerprint density at radius 1 is 1.30 bits per heavy atom. The average Bonchev–Trinajstić information content (AvgIpc) is 2.89. The highest BCUT2D eigenvalue weighted by Crippen LogP contribution is 2.24. The van der Waals surface area contributed by atoms with E-state index >= 15 is 0 Å². The third-order valence-electron chi connectivity index (χ3n) is 2.85. The lowest BCUT2D eigenvalue weighted by Gasteiger charge is -2.10. The van der Waals surface area contributed by atoms with Crippen LogP contribution >= 0.6 is 0 Å². The predicted molar refractivity (Wildman–Crippen MR) is 73.9 cm³/mol. The lowest BCUT2D eigenvalue weighted by atomic mass is 10.1.